The summed E-state index contributed by atoms with van der Waals surface area (Å²) in [6.07, 6.45) is 8.31. The average molecular weight is 346 g/mol. The Morgan fingerprint density at radius 3 is 2.05 bits per heavy atom. The maximum atomic E-state index is 5.49. The minimum absolute atomic E-state index is 0.420. The lowest BCUT2D eigenvalue weighted by Crippen LogP contribution is -2.59. The molecule has 0 saturated heterocycles. The van der Waals surface area contributed by atoms with Crippen molar-refractivity contribution in [3.8, 4) is 0 Å². The summed E-state index contributed by atoms with van der Waals surface area (Å²) < 4.78 is 13.9. The molecule has 0 unspecified atom stereocenters. The monoisotopic (exact) mass is 345 g/mol. The van der Waals surface area contributed by atoms with E-state index in [0.717, 1.165) is 12.1 Å². The van der Waals surface area contributed by atoms with Crippen LogP contribution in [0.4, 0.5) is 0 Å². The summed E-state index contributed by atoms with van der Waals surface area (Å²) in [7, 11) is 0.750. The van der Waals surface area contributed by atoms with Crippen molar-refractivity contribution in [3.05, 3.63) is 0 Å². The van der Waals surface area contributed by atoms with Crippen LogP contribution in [0.15, 0.2) is 0 Å². The molecule has 0 aromatic rings. The fraction of sp³-hybridized carbons (Fsp3) is 1.00. The van der Waals surface area contributed by atoms with Gasteiger partial charge in [0.25, 0.3) is 0 Å². The summed E-state index contributed by atoms with van der Waals surface area (Å²) in [4.78, 5) is 0. The first kappa shape index (κ1) is 20.4. The summed E-state index contributed by atoms with van der Waals surface area (Å²) in [6, 6.07) is 1.95. The second-order valence-corrected chi connectivity index (χ2v) is 15.9. The molecule has 132 valence electrons. The molecule has 0 aromatic carbocycles. The Labute approximate surface area is 141 Å². The highest BCUT2D eigenvalue weighted by Gasteiger charge is 2.43. The van der Waals surface area contributed by atoms with Crippen molar-refractivity contribution in [2.45, 2.75) is 89.5 Å². The third-order valence-corrected chi connectivity index (χ3v) is 13.6. The Morgan fingerprint density at radius 1 is 1.05 bits per heavy atom. The number of rotatable bonds is 8. The highest BCUT2D eigenvalue weighted by atomic mass is 28.3. The van der Waals surface area contributed by atoms with E-state index in [0.29, 0.717) is 5.04 Å². The summed E-state index contributed by atoms with van der Waals surface area (Å²) in [5, 5.41) is 0.420. The molecule has 0 radical (unpaired) electrons. The van der Waals surface area contributed by atoms with E-state index in [-0.39, 0.29) is 0 Å². The molecule has 3 nitrogen and oxygen atoms in total. The molecular formula is C17H39NO2Si2. The fourth-order valence-electron chi connectivity index (χ4n) is 3.50. The molecular weight excluding hydrogens is 306 g/mol. The topological polar surface area (TPSA) is 21.7 Å². The highest BCUT2D eigenvalue weighted by Crippen LogP contribution is 2.41. The maximum Gasteiger partial charge on any atom is 0.320 e. The predicted octanol–water partition coefficient (Wildman–Crippen LogP) is 4.53. The predicted molar refractivity (Wildman–Crippen MR) is 101 cm³/mol. The van der Waals surface area contributed by atoms with E-state index in [9.17, 15) is 0 Å². The lowest BCUT2D eigenvalue weighted by Gasteiger charge is -2.50. The molecule has 0 heterocycles. The van der Waals surface area contributed by atoms with Gasteiger partial charge in [-0.1, -0.05) is 53.1 Å². The normalized spacial score (nSPS) is 18.4. The maximum absolute atomic E-state index is 5.49. The second-order valence-electron chi connectivity index (χ2n) is 8.34. The van der Waals surface area contributed by atoms with Gasteiger partial charge < -0.3 is 13.4 Å². The number of nitrogens with zero attached hydrogens (tertiary/aromatic N) is 1. The van der Waals surface area contributed by atoms with E-state index in [2.05, 4.69) is 38.4 Å². The van der Waals surface area contributed by atoms with Crippen molar-refractivity contribution in [3.63, 3.8) is 0 Å². The van der Waals surface area contributed by atoms with E-state index in [1.54, 1.807) is 14.2 Å². The average Bonchev–Trinajstić information content (AvgIpc) is 2.47. The zero-order valence-corrected chi connectivity index (χ0v) is 18.2. The third kappa shape index (κ3) is 5.44. The van der Waals surface area contributed by atoms with Crippen molar-refractivity contribution in [1.29, 1.82) is 0 Å². The molecule has 1 aliphatic rings. The molecule has 0 N–H and O–H groups in total. The summed E-state index contributed by atoms with van der Waals surface area (Å²) in [5.41, 5.74) is 0. The van der Waals surface area contributed by atoms with Gasteiger partial charge in [0.15, 0.2) is 0 Å². The third-order valence-electron chi connectivity index (χ3n) is 5.93. The van der Waals surface area contributed by atoms with Gasteiger partial charge in [-0.05, 0) is 36.9 Å². The second kappa shape index (κ2) is 8.97. The molecule has 0 bridgehead atoms. The Morgan fingerprint density at radius 2 is 1.59 bits per heavy atom. The van der Waals surface area contributed by atoms with Gasteiger partial charge in [-0.25, -0.2) is 0 Å². The first-order valence-corrected chi connectivity index (χ1v) is 13.8. The van der Waals surface area contributed by atoms with Crippen LogP contribution in [0.2, 0.25) is 24.2 Å². The zero-order valence-electron chi connectivity index (χ0n) is 16.1. The molecule has 1 fully saturated rings. The molecule has 5 heteroatoms. The van der Waals surface area contributed by atoms with Crippen LogP contribution < -0.4 is 0 Å². The lowest BCUT2D eigenvalue weighted by atomic mass is 9.95. The molecule has 1 rings (SSSR count). The van der Waals surface area contributed by atoms with Gasteiger partial charge in [0.05, 0.1) is 0 Å². The van der Waals surface area contributed by atoms with Crippen LogP contribution in [-0.2, 0) is 8.85 Å². The van der Waals surface area contributed by atoms with E-state index in [4.69, 9.17) is 8.85 Å². The van der Waals surface area contributed by atoms with E-state index in [1.165, 1.54) is 45.1 Å². The first-order chi connectivity index (χ1) is 10.2. The Balaban J connectivity index is 2.74. The molecule has 1 aliphatic carbocycles. The highest BCUT2D eigenvalue weighted by molar-refractivity contribution is 6.77. The van der Waals surface area contributed by atoms with Crippen LogP contribution in [0.5, 0.6) is 0 Å². The van der Waals surface area contributed by atoms with Gasteiger partial charge in [0.1, 0.15) is 8.24 Å². The first-order valence-electron chi connectivity index (χ1n) is 9.06. The van der Waals surface area contributed by atoms with Gasteiger partial charge >= 0.3 is 9.28 Å². The van der Waals surface area contributed by atoms with Crippen LogP contribution >= 0.6 is 0 Å². The molecule has 0 aliphatic heterocycles. The van der Waals surface area contributed by atoms with Crippen molar-refractivity contribution >= 4 is 17.5 Å². The van der Waals surface area contributed by atoms with Gasteiger partial charge in [0, 0.05) is 20.3 Å². The smallest absolute Gasteiger partial charge is 0.320 e. The molecule has 1 saturated carbocycles. The largest absolute Gasteiger partial charge is 0.400 e. The number of hydrogen-bond donors (Lipinski definition) is 0. The number of hydrogen-bond acceptors (Lipinski definition) is 3. The molecule has 0 atom stereocenters. The SMILES string of the molecule is CO[SiH](CCCN(C1CCCCC1)[Si](C)(C)C(C)(C)C)OC. The molecule has 0 spiro atoms. The summed E-state index contributed by atoms with van der Waals surface area (Å²) >= 11 is 0. The fourth-order valence-corrected chi connectivity index (χ4v) is 7.43. The Kier molecular flexibility index (Phi) is 8.30. The van der Waals surface area contributed by atoms with Crippen LogP contribution in [0.25, 0.3) is 0 Å². The summed E-state index contributed by atoms with van der Waals surface area (Å²) in [6.45, 7) is 13.7. The van der Waals surface area contributed by atoms with E-state index in [1.807, 2.05) is 0 Å². The van der Waals surface area contributed by atoms with Gasteiger partial charge in [-0.15, -0.1) is 0 Å². The van der Waals surface area contributed by atoms with Crippen LogP contribution in [0, 0.1) is 0 Å². The van der Waals surface area contributed by atoms with Crippen molar-refractivity contribution in [1.82, 2.24) is 4.57 Å². The van der Waals surface area contributed by atoms with Gasteiger partial charge in [-0.2, -0.15) is 0 Å². The summed E-state index contributed by atoms with van der Waals surface area (Å²) in [5.74, 6) is 0. The Bertz CT molecular complexity index is 308. The van der Waals surface area contributed by atoms with Crippen LogP contribution in [0.1, 0.15) is 59.3 Å². The standard InChI is InChI=1S/C17H39NO2Si2/c1-17(2,3)22(6,7)18(16-12-9-8-10-13-16)14-11-15-21(19-4)20-5/h16,21H,8-15H2,1-7H3. The minimum Gasteiger partial charge on any atom is -0.400 e. The van der Waals surface area contributed by atoms with Gasteiger partial charge in [-0.3, -0.25) is 0 Å². The lowest BCUT2D eigenvalue weighted by molar-refractivity contribution is 0.232. The molecule has 0 aromatic heterocycles. The molecule has 0 amide bonds. The van der Waals surface area contributed by atoms with Crippen LogP contribution in [0.3, 0.4) is 0 Å². The van der Waals surface area contributed by atoms with E-state index < -0.39 is 17.5 Å². The Hall–Kier alpha value is 0.314. The van der Waals surface area contributed by atoms with Crippen molar-refractivity contribution in [2.75, 3.05) is 20.8 Å². The van der Waals surface area contributed by atoms with E-state index >= 15 is 0 Å². The zero-order chi connectivity index (χ0) is 16.8. The molecule has 22 heavy (non-hydrogen) atoms. The van der Waals surface area contributed by atoms with Crippen molar-refractivity contribution < 1.29 is 8.85 Å². The van der Waals surface area contributed by atoms with Crippen molar-refractivity contribution in [2.24, 2.45) is 0 Å². The minimum atomic E-state index is -1.45. The van der Waals surface area contributed by atoms with Gasteiger partial charge in [0.2, 0.25) is 0 Å². The van der Waals surface area contributed by atoms with Crippen LogP contribution in [-0.4, -0.2) is 48.9 Å². The quantitative estimate of drug-likeness (QED) is 0.603.